The van der Waals surface area contributed by atoms with Crippen molar-refractivity contribution in [3.63, 3.8) is 0 Å². The molecule has 1 heterocycles. The molecule has 0 aliphatic carbocycles. The molecule has 0 atom stereocenters. The quantitative estimate of drug-likeness (QED) is 0.576. The lowest BCUT2D eigenvalue weighted by Gasteiger charge is -2.20. The second kappa shape index (κ2) is 10.9. The molecule has 1 aromatic rings. The standard InChI is InChI=1S/C18H34N2O/c1-5-8-11-20(12-9-6-2)15-17-13-16(4)18(21-17)14-19-10-7-3/h13,19H,5-12,14-15H2,1-4H3. The molecule has 0 saturated carbocycles. The molecule has 0 radical (unpaired) electrons. The van der Waals surface area contributed by atoms with Crippen molar-refractivity contribution >= 4 is 0 Å². The van der Waals surface area contributed by atoms with E-state index in [1.807, 2.05) is 0 Å². The highest BCUT2D eigenvalue weighted by molar-refractivity contribution is 5.20. The third kappa shape index (κ3) is 7.14. The molecule has 21 heavy (non-hydrogen) atoms. The van der Waals surface area contributed by atoms with Crippen molar-refractivity contribution in [2.24, 2.45) is 0 Å². The Morgan fingerprint density at radius 3 is 2.29 bits per heavy atom. The van der Waals surface area contributed by atoms with Gasteiger partial charge in [0, 0.05) is 0 Å². The van der Waals surface area contributed by atoms with Crippen molar-refractivity contribution < 1.29 is 4.42 Å². The molecule has 0 saturated heterocycles. The number of hydrogen-bond acceptors (Lipinski definition) is 3. The van der Waals surface area contributed by atoms with E-state index in [-0.39, 0.29) is 0 Å². The van der Waals surface area contributed by atoms with Gasteiger partial charge in [-0.2, -0.15) is 0 Å². The molecule has 0 aliphatic heterocycles. The van der Waals surface area contributed by atoms with Crippen LogP contribution in [-0.2, 0) is 13.1 Å². The fourth-order valence-electron chi connectivity index (χ4n) is 2.48. The summed E-state index contributed by atoms with van der Waals surface area (Å²) in [5.74, 6) is 2.22. The Hall–Kier alpha value is -0.800. The predicted octanol–water partition coefficient (Wildman–Crippen LogP) is 4.49. The second-order valence-corrected chi connectivity index (χ2v) is 5.98. The van der Waals surface area contributed by atoms with Crippen LogP contribution in [-0.4, -0.2) is 24.5 Å². The Balaban J connectivity index is 2.54. The predicted molar refractivity (Wildman–Crippen MR) is 90.5 cm³/mol. The van der Waals surface area contributed by atoms with Crippen LogP contribution in [0.25, 0.3) is 0 Å². The summed E-state index contributed by atoms with van der Waals surface area (Å²) in [4.78, 5) is 2.54. The summed E-state index contributed by atoms with van der Waals surface area (Å²) < 4.78 is 6.05. The lowest BCUT2D eigenvalue weighted by molar-refractivity contribution is 0.234. The maximum Gasteiger partial charge on any atom is 0.120 e. The first-order valence-corrected chi connectivity index (χ1v) is 8.72. The average molecular weight is 294 g/mol. The van der Waals surface area contributed by atoms with Crippen LogP contribution in [0.15, 0.2) is 10.5 Å². The summed E-state index contributed by atoms with van der Waals surface area (Å²) in [6, 6.07) is 2.22. The van der Waals surface area contributed by atoms with Crippen LogP contribution in [0.1, 0.15) is 70.0 Å². The molecular formula is C18H34N2O. The number of nitrogens with one attached hydrogen (secondary N) is 1. The van der Waals surface area contributed by atoms with Crippen molar-refractivity contribution in [1.82, 2.24) is 10.2 Å². The maximum atomic E-state index is 6.05. The zero-order valence-electron chi connectivity index (χ0n) is 14.5. The second-order valence-electron chi connectivity index (χ2n) is 5.98. The third-order valence-corrected chi connectivity index (χ3v) is 3.82. The zero-order chi connectivity index (χ0) is 15.5. The lowest BCUT2D eigenvalue weighted by Crippen LogP contribution is -2.25. The van der Waals surface area contributed by atoms with E-state index < -0.39 is 0 Å². The first-order chi connectivity index (χ1) is 10.2. The largest absolute Gasteiger partial charge is 0.463 e. The van der Waals surface area contributed by atoms with Crippen molar-refractivity contribution in [2.75, 3.05) is 19.6 Å². The summed E-state index contributed by atoms with van der Waals surface area (Å²) >= 11 is 0. The molecule has 1 aromatic heterocycles. The van der Waals surface area contributed by atoms with Gasteiger partial charge in [0.25, 0.3) is 0 Å². The normalized spacial score (nSPS) is 11.5. The smallest absolute Gasteiger partial charge is 0.120 e. The van der Waals surface area contributed by atoms with E-state index in [1.165, 1.54) is 44.3 Å². The Kier molecular flexibility index (Phi) is 9.44. The van der Waals surface area contributed by atoms with Gasteiger partial charge in [0.05, 0.1) is 13.1 Å². The van der Waals surface area contributed by atoms with Crippen LogP contribution in [0.5, 0.6) is 0 Å². The van der Waals surface area contributed by atoms with Gasteiger partial charge in [-0.3, -0.25) is 4.90 Å². The molecule has 0 bridgehead atoms. The van der Waals surface area contributed by atoms with Gasteiger partial charge in [-0.05, 0) is 57.5 Å². The fourth-order valence-corrected chi connectivity index (χ4v) is 2.48. The highest BCUT2D eigenvalue weighted by atomic mass is 16.3. The molecule has 0 aliphatic rings. The van der Waals surface area contributed by atoms with Crippen molar-refractivity contribution in [3.05, 3.63) is 23.2 Å². The van der Waals surface area contributed by atoms with Crippen LogP contribution in [0.2, 0.25) is 0 Å². The topological polar surface area (TPSA) is 28.4 Å². The van der Waals surface area contributed by atoms with Gasteiger partial charge in [0.15, 0.2) is 0 Å². The number of nitrogens with zero attached hydrogens (tertiary/aromatic N) is 1. The van der Waals surface area contributed by atoms with Crippen molar-refractivity contribution in [3.8, 4) is 0 Å². The minimum absolute atomic E-state index is 0.851. The van der Waals surface area contributed by atoms with E-state index in [9.17, 15) is 0 Å². The number of furan rings is 1. The van der Waals surface area contributed by atoms with Crippen LogP contribution in [0.4, 0.5) is 0 Å². The number of hydrogen-bond donors (Lipinski definition) is 1. The van der Waals surface area contributed by atoms with E-state index in [0.717, 1.165) is 37.6 Å². The van der Waals surface area contributed by atoms with E-state index in [1.54, 1.807) is 0 Å². The van der Waals surface area contributed by atoms with Gasteiger partial charge >= 0.3 is 0 Å². The van der Waals surface area contributed by atoms with Gasteiger partial charge in [-0.25, -0.2) is 0 Å². The van der Waals surface area contributed by atoms with E-state index in [4.69, 9.17) is 4.42 Å². The van der Waals surface area contributed by atoms with Gasteiger partial charge in [-0.15, -0.1) is 0 Å². The maximum absolute atomic E-state index is 6.05. The number of unbranched alkanes of at least 4 members (excludes halogenated alkanes) is 2. The van der Waals surface area contributed by atoms with Gasteiger partial charge in [0.2, 0.25) is 0 Å². The molecule has 0 fully saturated rings. The average Bonchev–Trinajstić information content (AvgIpc) is 2.82. The Morgan fingerprint density at radius 2 is 1.71 bits per heavy atom. The summed E-state index contributed by atoms with van der Waals surface area (Å²) in [6.07, 6.45) is 6.22. The summed E-state index contributed by atoms with van der Waals surface area (Å²) in [6.45, 7) is 14.1. The molecule has 0 unspecified atom stereocenters. The van der Waals surface area contributed by atoms with Crippen LogP contribution >= 0.6 is 0 Å². The SMILES string of the molecule is CCCCN(CCCC)Cc1cc(C)c(CNCCC)o1. The van der Waals surface area contributed by atoms with Crippen LogP contribution < -0.4 is 5.32 Å². The van der Waals surface area contributed by atoms with Crippen molar-refractivity contribution in [1.29, 1.82) is 0 Å². The monoisotopic (exact) mass is 294 g/mol. The zero-order valence-corrected chi connectivity index (χ0v) is 14.5. The molecule has 122 valence electrons. The van der Waals surface area contributed by atoms with Crippen LogP contribution in [0.3, 0.4) is 0 Å². The molecule has 1 N–H and O–H groups in total. The molecule has 1 rings (SSSR count). The minimum Gasteiger partial charge on any atom is -0.463 e. The summed E-state index contributed by atoms with van der Waals surface area (Å²) in [5, 5.41) is 3.42. The number of aryl methyl sites for hydroxylation is 1. The first-order valence-electron chi connectivity index (χ1n) is 8.72. The first kappa shape index (κ1) is 18.2. The van der Waals surface area contributed by atoms with Gasteiger partial charge in [0.1, 0.15) is 11.5 Å². The summed E-state index contributed by atoms with van der Waals surface area (Å²) in [5.41, 5.74) is 1.28. The summed E-state index contributed by atoms with van der Waals surface area (Å²) in [7, 11) is 0. The fraction of sp³-hybridized carbons (Fsp3) is 0.778. The molecule has 0 amide bonds. The van der Waals surface area contributed by atoms with E-state index >= 15 is 0 Å². The molecule has 3 nitrogen and oxygen atoms in total. The van der Waals surface area contributed by atoms with Gasteiger partial charge in [-0.1, -0.05) is 33.6 Å². The Bertz CT molecular complexity index is 365. The van der Waals surface area contributed by atoms with Crippen molar-refractivity contribution in [2.45, 2.75) is 72.9 Å². The molecule has 0 spiro atoms. The van der Waals surface area contributed by atoms with Crippen LogP contribution in [0, 0.1) is 6.92 Å². The molecule has 0 aromatic carbocycles. The minimum atomic E-state index is 0.851. The highest BCUT2D eigenvalue weighted by Gasteiger charge is 2.11. The molecular weight excluding hydrogens is 260 g/mol. The highest BCUT2D eigenvalue weighted by Crippen LogP contribution is 2.17. The third-order valence-electron chi connectivity index (χ3n) is 3.82. The Labute approximate surface area is 131 Å². The molecule has 3 heteroatoms. The van der Waals surface area contributed by atoms with E-state index in [2.05, 4.69) is 44.0 Å². The Morgan fingerprint density at radius 1 is 1.05 bits per heavy atom. The van der Waals surface area contributed by atoms with E-state index in [0.29, 0.717) is 0 Å². The number of rotatable bonds is 12. The van der Waals surface area contributed by atoms with Gasteiger partial charge < -0.3 is 9.73 Å². The lowest BCUT2D eigenvalue weighted by atomic mass is 10.2.